The highest BCUT2D eigenvalue weighted by Crippen LogP contribution is 2.20. The minimum atomic E-state index is 0.487. The van der Waals surface area contributed by atoms with Crippen LogP contribution >= 0.6 is 11.6 Å². The topological polar surface area (TPSA) is 28.7 Å². The van der Waals surface area contributed by atoms with Crippen LogP contribution in [0, 0.1) is 6.92 Å². The van der Waals surface area contributed by atoms with Gasteiger partial charge in [0, 0.05) is 5.39 Å². The van der Waals surface area contributed by atoms with Crippen molar-refractivity contribution in [2.75, 3.05) is 0 Å². The van der Waals surface area contributed by atoms with E-state index in [4.69, 9.17) is 11.6 Å². The van der Waals surface area contributed by atoms with Gasteiger partial charge in [0.05, 0.1) is 17.1 Å². The van der Waals surface area contributed by atoms with Gasteiger partial charge < -0.3 is 0 Å². The van der Waals surface area contributed by atoms with Crippen LogP contribution in [0.3, 0.4) is 0 Å². The first-order chi connectivity index (χ1) is 5.83. The normalized spacial score (nSPS) is 10.8. The molecule has 0 spiro atoms. The molecule has 0 aliphatic heterocycles. The molecule has 0 unspecified atom stereocenters. The van der Waals surface area contributed by atoms with Crippen molar-refractivity contribution in [1.82, 2.24) is 10.2 Å². The molecule has 1 aromatic carbocycles. The standard InChI is InChI=1S/C9H9ClN2/c1-6-3-2-4-7-9(6)8(5-10)12-11-7/h2-4H,5H2,1H3,(H,11,12). The molecule has 0 bridgehead atoms. The molecule has 0 aliphatic carbocycles. The minimum Gasteiger partial charge on any atom is -0.280 e. The van der Waals surface area contributed by atoms with E-state index in [2.05, 4.69) is 23.2 Å². The molecule has 0 radical (unpaired) electrons. The summed E-state index contributed by atoms with van der Waals surface area (Å²) in [5.74, 6) is 0.487. The lowest BCUT2D eigenvalue weighted by Gasteiger charge is -1.95. The number of nitrogens with zero attached hydrogens (tertiary/aromatic N) is 1. The Balaban J connectivity index is 2.83. The lowest BCUT2D eigenvalue weighted by Crippen LogP contribution is -1.79. The van der Waals surface area contributed by atoms with Crippen molar-refractivity contribution < 1.29 is 0 Å². The number of H-pyrrole nitrogens is 1. The zero-order chi connectivity index (χ0) is 8.55. The molecule has 2 aromatic rings. The van der Waals surface area contributed by atoms with Gasteiger partial charge in [-0.15, -0.1) is 11.6 Å². The first-order valence-electron chi connectivity index (χ1n) is 3.81. The van der Waals surface area contributed by atoms with Crippen LogP contribution in [0.1, 0.15) is 11.3 Å². The third kappa shape index (κ3) is 0.994. The average molecular weight is 181 g/mol. The molecule has 62 valence electrons. The van der Waals surface area contributed by atoms with Gasteiger partial charge in [0.15, 0.2) is 0 Å². The van der Waals surface area contributed by atoms with E-state index in [-0.39, 0.29) is 0 Å². The molecule has 1 N–H and O–H groups in total. The van der Waals surface area contributed by atoms with Crippen LogP contribution in [0.15, 0.2) is 18.2 Å². The summed E-state index contributed by atoms with van der Waals surface area (Å²) in [6.45, 7) is 2.06. The fraction of sp³-hybridized carbons (Fsp3) is 0.222. The van der Waals surface area contributed by atoms with Crippen molar-refractivity contribution in [3.05, 3.63) is 29.5 Å². The monoisotopic (exact) mass is 180 g/mol. The largest absolute Gasteiger partial charge is 0.280 e. The molecule has 0 fully saturated rings. The molecule has 0 saturated heterocycles. The van der Waals surface area contributed by atoms with E-state index in [0.717, 1.165) is 16.6 Å². The van der Waals surface area contributed by atoms with Crippen molar-refractivity contribution in [2.45, 2.75) is 12.8 Å². The number of benzene rings is 1. The number of aromatic amines is 1. The number of halogens is 1. The zero-order valence-electron chi connectivity index (χ0n) is 6.76. The van der Waals surface area contributed by atoms with Crippen LogP contribution in [0.2, 0.25) is 0 Å². The Morgan fingerprint density at radius 2 is 2.33 bits per heavy atom. The lowest BCUT2D eigenvalue weighted by molar-refractivity contribution is 1.05. The van der Waals surface area contributed by atoms with Gasteiger partial charge in [-0.3, -0.25) is 5.10 Å². The van der Waals surface area contributed by atoms with Gasteiger partial charge in [-0.05, 0) is 18.6 Å². The van der Waals surface area contributed by atoms with Crippen molar-refractivity contribution in [3.8, 4) is 0 Å². The number of rotatable bonds is 1. The summed E-state index contributed by atoms with van der Waals surface area (Å²) >= 11 is 5.75. The zero-order valence-corrected chi connectivity index (χ0v) is 7.52. The van der Waals surface area contributed by atoms with Gasteiger partial charge in [0.2, 0.25) is 0 Å². The van der Waals surface area contributed by atoms with E-state index < -0.39 is 0 Å². The average Bonchev–Trinajstić information content (AvgIpc) is 2.49. The Morgan fingerprint density at radius 1 is 1.50 bits per heavy atom. The first kappa shape index (κ1) is 7.62. The molecule has 1 heterocycles. The molecule has 12 heavy (non-hydrogen) atoms. The first-order valence-corrected chi connectivity index (χ1v) is 4.35. The molecule has 0 amide bonds. The van der Waals surface area contributed by atoms with E-state index in [0.29, 0.717) is 5.88 Å². The van der Waals surface area contributed by atoms with Crippen LogP contribution in [0.4, 0.5) is 0 Å². The lowest BCUT2D eigenvalue weighted by atomic mass is 10.1. The quantitative estimate of drug-likeness (QED) is 0.672. The summed E-state index contributed by atoms with van der Waals surface area (Å²) in [6.07, 6.45) is 0. The van der Waals surface area contributed by atoms with E-state index in [1.807, 2.05) is 12.1 Å². The molecule has 2 nitrogen and oxygen atoms in total. The van der Waals surface area contributed by atoms with Crippen molar-refractivity contribution >= 4 is 22.5 Å². The number of hydrogen-bond donors (Lipinski definition) is 1. The van der Waals surface area contributed by atoms with Crippen LogP contribution < -0.4 is 0 Å². The van der Waals surface area contributed by atoms with E-state index >= 15 is 0 Å². The maximum Gasteiger partial charge on any atom is 0.0926 e. The summed E-state index contributed by atoms with van der Waals surface area (Å²) in [5, 5.41) is 8.22. The highest BCUT2D eigenvalue weighted by atomic mass is 35.5. The highest BCUT2D eigenvalue weighted by molar-refractivity contribution is 6.17. The van der Waals surface area contributed by atoms with E-state index in [1.165, 1.54) is 5.56 Å². The van der Waals surface area contributed by atoms with Crippen molar-refractivity contribution in [1.29, 1.82) is 0 Å². The molecule has 3 heteroatoms. The van der Waals surface area contributed by atoms with Gasteiger partial charge in [0.25, 0.3) is 0 Å². The van der Waals surface area contributed by atoms with Gasteiger partial charge >= 0.3 is 0 Å². The predicted octanol–water partition coefficient (Wildman–Crippen LogP) is 2.61. The number of fused-ring (bicyclic) bond motifs is 1. The predicted molar refractivity (Wildman–Crippen MR) is 50.4 cm³/mol. The van der Waals surface area contributed by atoms with Gasteiger partial charge in [-0.25, -0.2) is 0 Å². The Hall–Kier alpha value is -1.02. The Bertz CT molecular complexity index is 406. The third-order valence-electron chi connectivity index (χ3n) is 2.00. The Kier molecular flexibility index (Phi) is 1.77. The maximum absolute atomic E-state index is 5.75. The molecule has 0 aliphatic rings. The van der Waals surface area contributed by atoms with Crippen LogP contribution in [0.25, 0.3) is 10.9 Å². The second kappa shape index (κ2) is 2.79. The highest BCUT2D eigenvalue weighted by Gasteiger charge is 2.04. The SMILES string of the molecule is Cc1cccc2n[nH]c(CCl)c12. The smallest absolute Gasteiger partial charge is 0.0926 e. The fourth-order valence-corrected chi connectivity index (χ4v) is 1.61. The van der Waals surface area contributed by atoms with Gasteiger partial charge in [-0.1, -0.05) is 12.1 Å². The summed E-state index contributed by atoms with van der Waals surface area (Å²) in [4.78, 5) is 0. The molecule has 2 rings (SSSR count). The summed E-state index contributed by atoms with van der Waals surface area (Å²) in [7, 11) is 0. The summed E-state index contributed by atoms with van der Waals surface area (Å²) < 4.78 is 0. The van der Waals surface area contributed by atoms with Crippen molar-refractivity contribution in [2.24, 2.45) is 0 Å². The van der Waals surface area contributed by atoms with E-state index in [1.54, 1.807) is 0 Å². The van der Waals surface area contributed by atoms with E-state index in [9.17, 15) is 0 Å². The number of nitrogens with one attached hydrogen (secondary N) is 1. The number of aromatic nitrogens is 2. The summed E-state index contributed by atoms with van der Waals surface area (Å²) in [6, 6.07) is 6.04. The molecule has 0 atom stereocenters. The second-order valence-corrected chi connectivity index (χ2v) is 3.07. The van der Waals surface area contributed by atoms with Crippen LogP contribution in [0.5, 0.6) is 0 Å². The Morgan fingerprint density at radius 3 is 3.08 bits per heavy atom. The maximum atomic E-state index is 5.75. The fourth-order valence-electron chi connectivity index (χ4n) is 1.42. The van der Waals surface area contributed by atoms with Gasteiger partial charge in [-0.2, -0.15) is 5.10 Å². The third-order valence-corrected chi connectivity index (χ3v) is 2.26. The molecular formula is C9H9ClN2. The van der Waals surface area contributed by atoms with Gasteiger partial charge in [0.1, 0.15) is 0 Å². The van der Waals surface area contributed by atoms with Crippen LogP contribution in [-0.2, 0) is 5.88 Å². The molecular weight excluding hydrogens is 172 g/mol. The molecule has 0 saturated carbocycles. The second-order valence-electron chi connectivity index (χ2n) is 2.80. The number of alkyl halides is 1. The van der Waals surface area contributed by atoms with Crippen LogP contribution in [-0.4, -0.2) is 10.2 Å². The minimum absolute atomic E-state index is 0.487. The number of aryl methyl sites for hydroxylation is 1. The Labute approximate surface area is 75.5 Å². The summed E-state index contributed by atoms with van der Waals surface area (Å²) in [5.41, 5.74) is 3.22. The van der Waals surface area contributed by atoms with Crippen molar-refractivity contribution in [3.63, 3.8) is 0 Å². The molecule has 1 aromatic heterocycles. The number of hydrogen-bond acceptors (Lipinski definition) is 1.